The highest BCUT2D eigenvalue weighted by Crippen LogP contribution is 2.20. The zero-order valence-electron chi connectivity index (χ0n) is 21.7. The molecule has 2 rings (SSSR count). The van der Waals surface area contributed by atoms with Crippen molar-refractivity contribution in [2.45, 2.75) is 64.0 Å². The molecule has 0 fully saturated rings. The smallest absolute Gasteiger partial charge is 0.305 e. The number of benzene rings is 2. The largest absolute Gasteiger partial charge is 0.481 e. The van der Waals surface area contributed by atoms with E-state index >= 15 is 0 Å². The van der Waals surface area contributed by atoms with E-state index in [1.165, 1.54) is 6.92 Å². The van der Waals surface area contributed by atoms with Crippen LogP contribution in [0.2, 0.25) is 0 Å². The number of ketones is 2. The van der Waals surface area contributed by atoms with Crippen molar-refractivity contribution >= 4 is 52.8 Å². The van der Waals surface area contributed by atoms with Crippen LogP contribution in [0.4, 0.5) is 0 Å². The van der Waals surface area contributed by atoms with Crippen molar-refractivity contribution in [3.8, 4) is 0 Å². The van der Waals surface area contributed by atoms with Crippen molar-refractivity contribution in [3.05, 3.63) is 48.0 Å². The summed E-state index contributed by atoms with van der Waals surface area (Å²) in [5.41, 5.74) is 6.66. The number of thiol groups is 1. The van der Waals surface area contributed by atoms with Gasteiger partial charge in [0.2, 0.25) is 11.8 Å². The Balaban J connectivity index is 2.09. The predicted octanol–water partition coefficient (Wildman–Crippen LogP) is 2.44. The number of carbonyl (C=O) groups excluding carboxylic acids is 4. The maximum atomic E-state index is 13.2. The zero-order valence-corrected chi connectivity index (χ0v) is 22.5. The van der Waals surface area contributed by atoms with E-state index in [1.54, 1.807) is 0 Å². The van der Waals surface area contributed by atoms with E-state index in [-0.39, 0.29) is 24.4 Å². The quantitative estimate of drug-likeness (QED) is 0.152. The molecule has 10 heteroatoms. The number of aryl methyl sites for hydroxylation is 1. The lowest BCUT2D eigenvalue weighted by atomic mass is 9.94. The molecular weight excluding hydrogens is 506 g/mol. The number of amides is 2. The second kappa shape index (κ2) is 15.9. The molecule has 0 spiro atoms. The van der Waals surface area contributed by atoms with Crippen LogP contribution in [0, 0.1) is 5.92 Å². The summed E-state index contributed by atoms with van der Waals surface area (Å²) in [6.07, 6.45) is 1.61. The third kappa shape index (κ3) is 9.90. The lowest BCUT2D eigenvalue weighted by Crippen LogP contribution is -2.46. The number of Topliss-reactive ketones (excluding diaryl/α,β-unsaturated/α-hetero) is 2. The van der Waals surface area contributed by atoms with Crippen LogP contribution >= 0.6 is 12.6 Å². The van der Waals surface area contributed by atoms with Gasteiger partial charge in [0.1, 0.15) is 0 Å². The number of nitrogens with one attached hydrogen (secondary N) is 2. The van der Waals surface area contributed by atoms with E-state index in [2.05, 4.69) is 23.3 Å². The van der Waals surface area contributed by atoms with Gasteiger partial charge >= 0.3 is 5.97 Å². The van der Waals surface area contributed by atoms with Crippen LogP contribution in [0.5, 0.6) is 0 Å². The summed E-state index contributed by atoms with van der Waals surface area (Å²) in [6, 6.07) is 11.9. The molecule has 0 radical (unpaired) electrons. The lowest BCUT2D eigenvalue weighted by molar-refractivity contribution is -0.140. The first-order valence-electron chi connectivity index (χ1n) is 12.8. The molecule has 38 heavy (non-hydrogen) atoms. The van der Waals surface area contributed by atoms with Gasteiger partial charge in [-0.2, -0.15) is 12.6 Å². The van der Waals surface area contributed by atoms with Crippen molar-refractivity contribution in [3.63, 3.8) is 0 Å². The average Bonchev–Trinajstić information content (AvgIpc) is 2.88. The first-order valence-corrected chi connectivity index (χ1v) is 13.4. The molecule has 5 N–H and O–H groups in total. The number of carbonyl (C=O) groups is 5. The Morgan fingerprint density at radius 2 is 1.63 bits per heavy atom. The predicted molar refractivity (Wildman–Crippen MR) is 149 cm³/mol. The molecule has 2 aromatic rings. The van der Waals surface area contributed by atoms with E-state index in [0.29, 0.717) is 32.2 Å². The van der Waals surface area contributed by atoms with E-state index in [9.17, 15) is 24.0 Å². The van der Waals surface area contributed by atoms with Crippen molar-refractivity contribution in [1.29, 1.82) is 0 Å². The van der Waals surface area contributed by atoms with Crippen LogP contribution in [-0.2, 0) is 30.4 Å². The number of aliphatic carboxylic acids is 1. The second-order valence-electron chi connectivity index (χ2n) is 9.35. The molecule has 206 valence electrons. The monoisotopic (exact) mass is 543 g/mol. The third-order valence-electron chi connectivity index (χ3n) is 6.36. The maximum Gasteiger partial charge on any atom is 0.305 e. The molecule has 2 amide bonds. The van der Waals surface area contributed by atoms with Crippen molar-refractivity contribution in [2.24, 2.45) is 11.7 Å². The highest BCUT2D eigenvalue weighted by molar-refractivity contribution is 7.80. The molecule has 0 bridgehead atoms. The van der Waals surface area contributed by atoms with Gasteiger partial charge in [0.15, 0.2) is 11.6 Å². The number of unbranched alkanes of at least 4 members (excludes halogenated alkanes) is 1. The van der Waals surface area contributed by atoms with Gasteiger partial charge in [0, 0.05) is 25.5 Å². The first-order chi connectivity index (χ1) is 18.2. The molecule has 0 aliphatic carbocycles. The number of hydrogen-bond acceptors (Lipinski definition) is 7. The van der Waals surface area contributed by atoms with Crippen LogP contribution < -0.4 is 16.4 Å². The summed E-state index contributed by atoms with van der Waals surface area (Å²) in [5.74, 6) is -3.89. The molecule has 2 aromatic carbocycles. The van der Waals surface area contributed by atoms with Gasteiger partial charge in [0.05, 0.1) is 24.4 Å². The highest BCUT2D eigenvalue weighted by Gasteiger charge is 2.30. The Labute approximate surface area is 228 Å². The Morgan fingerprint density at radius 3 is 2.29 bits per heavy atom. The Kier molecular flexibility index (Phi) is 12.9. The zero-order chi connectivity index (χ0) is 28.1. The minimum Gasteiger partial charge on any atom is -0.481 e. The number of carboxylic acid groups (broad SMARTS) is 1. The van der Waals surface area contributed by atoms with Gasteiger partial charge in [-0.25, -0.2) is 0 Å². The van der Waals surface area contributed by atoms with E-state index < -0.39 is 48.0 Å². The number of carboxylic acids is 1. The molecule has 0 aromatic heterocycles. The topological polar surface area (TPSA) is 156 Å². The molecule has 9 nitrogen and oxygen atoms in total. The van der Waals surface area contributed by atoms with E-state index in [0.717, 1.165) is 16.3 Å². The van der Waals surface area contributed by atoms with Crippen LogP contribution in [0.15, 0.2) is 42.5 Å². The Morgan fingerprint density at radius 1 is 0.921 bits per heavy atom. The van der Waals surface area contributed by atoms with Crippen LogP contribution in [-0.4, -0.2) is 58.8 Å². The lowest BCUT2D eigenvalue weighted by Gasteiger charge is -2.22. The summed E-state index contributed by atoms with van der Waals surface area (Å²) in [6.45, 7) is 1.65. The van der Waals surface area contributed by atoms with Gasteiger partial charge in [0.25, 0.3) is 0 Å². The minimum atomic E-state index is -1.25. The molecule has 0 aliphatic heterocycles. The third-order valence-corrected chi connectivity index (χ3v) is 6.80. The Bertz CT molecular complexity index is 1120. The summed E-state index contributed by atoms with van der Waals surface area (Å²) < 4.78 is 0. The van der Waals surface area contributed by atoms with Crippen molar-refractivity contribution in [1.82, 2.24) is 10.6 Å². The highest BCUT2D eigenvalue weighted by atomic mass is 32.1. The van der Waals surface area contributed by atoms with Crippen LogP contribution in [0.3, 0.4) is 0 Å². The first kappa shape index (κ1) is 31.0. The van der Waals surface area contributed by atoms with Gasteiger partial charge in [-0.15, -0.1) is 0 Å². The maximum absolute atomic E-state index is 13.2. The average molecular weight is 544 g/mol. The normalized spacial score (nSPS) is 13.3. The van der Waals surface area contributed by atoms with Gasteiger partial charge in [-0.3, -0.25) is 24.0 Å². The van der Waals surface area contributed by atoms with Crippen molar-refractivity contribution in [2.75, 3.05) is 12.3 Å². The van der Waals surface area contributed by atoms with E-state index in [4.69, 9.17) is 10.8 Å². The fraction of sp³-hybridized carbons (Fsp3) is 0.464. The molecule has 0 heterocycles. The number of fused-ring (bicyclic) bond motifs is 1. The molecule has 1 unspecified atom stereocenters. The fourth-order valence-electron chi connectivity index (χ4n) is 4.33. The summed E-state index contributed by atoms with van der Waals surface area (Å²) in [4.78, 5) is 61.6. The molecule has 0 saturated carbocycles. The number of rotatable bonds is 17. The summed E-state index contributed by atoms with van der Waals surface area (Å²) in [7, 11) is 0. The standard InChI is InChI=1S/C28H37N3O6S/c1-18(32)30-24(16-27(35)36)26(34)15-21(17-38)28(37)31-23(11-4-5-14-29)25(33)13-12-20-9-6-8-19-7-2-3-10-22(19)20/h2-3,6-10,21,23-24,38H,4-5,11-17,29H2,1H3,(H,30,32)(H,31,37)(H,35,36)/t21?,23-,24-/m0/s1. The van der Waals surface area contributed by atoms with Gasteiger partial charge in [-0.1, -0.05) is 42.5 Å². The van der Waals surface area contributed by atoms with Crippen molar-refractivity contribution < 1.29 is 29.1 Å². The second-order valence-corrected chi connectivity index (χ2v) is 9.72. The number of hydrogen-bond donors (Lipinski definition) is 5. The molecule has 3 atom stereocenters. The number of nitrogens with two attached hydrogens (primary N) is 1. The molecule has 0 aliphatic rings. The summed E-state index contributed by atoms with van der Waals surface area (Å²) >= 11 is 4.20. The molecule has 0 saturated heterocycles. The minimum absolute atomic E-state index is 0.0111. The molecular formula is C28H37N3O6S. The Hall–Kier alpha value is -3.24. The van der Waals surface area contributed by atoms with Crippen LogP contribution in [0.25, 0.3) is 10.8 Å². The summed E-state index contributed by atoms with van der Waals surface area (Å²) in [5, 5.41) is 16.4. The van der Waals surface area contributed by atoms with Gasteiger partial charge in [-0.05, 0) is 48.6 Å². The van der Waals surface area contributed by atoms with Crippen LogP contribution in [0.1, 0.15) is 51.0 Å². The fourth-order valence-corrected chi connectivity index (χ4v) is 4.62. The van der Waals surface area contributed by atoms with Gasteiger partial charge < -0.3 is 21.5 Å². The van der Waals surface area contributed by atoms with E-state index in [1.807, 2.05) is 42.5 Å². The SMILES string of the molecule is CC(=O)N[C@@H](CC(=O)O)C(=O)CC(CS)C(=O)N[C@@H](CCCCN)C(=O)CCc1cccc2ccccc12.